The summed E-state index contributed by atoms with van der Waals surface area (Å²) in [5.41, 5.74) is 0.674. The molecule has 0 saturated carbocycles. The van der Waals surface area contributed by atoms with E-state index < -0.39 is 10.1 Å². The molecule has 0 spiro atoms. The van der Waals surface area contributed by atoms with Crippen molar-refractivity contribution in [2.75, 3.05) is 0 Å². The van der Waals surface area contributed by atoms with E-state index in [9.17, 15) is 13.0 Å². The Balaban J connectivity index is 0.0000185. The molecule has 0 N–H and O–H groups in total. The van der Waals surface area contributed by atoms with Gasteiger partial charge in [0.25, 0.3) is 0 Å². The van der Waals surface area contributed by atoms with Crippen molar-refractivity contribution in [1.29, 1.82) is 0 Å². The van der Waals surface area contributed by atoms with E-state index in [1.54, 1.807) is 12.1 Å². The summed E-state index contributed by atoms with van der Waals surface area (Å²) in [4.78, 5) is -0.0411. The normalized spacial score (nSPS) is 11.6. The molecule has 1 aromatic carbocycles. The molecule has 0 aliphatic carbocycles. The third-order valence-electron chi connectivity index (χ3n) is 9.29. The molecular weight excluding hydrogens is 571 g/mol. The molecule has 0 aliphatic heterocycles. The molecule has 3 nitrogen and oxygen atoms in total. The second-order valence-electron chi connectivity index (χ2n) is 13.4. The van der Waals surface area contributed by atoms with Gasteiger partial charge in [0.2, 0.25) is 0 Å². The Morgan fingerprint density at radius 2 is 0.682 bits per heavy atom. The third kappa shape index (κ3) is 28.4. The van der Waals surface area contributed by atoms with Gasteiger partial charge in [-0.25, -0.2) is 8.42 Å². The molecule has 0 unspecified atom stereocenters. The third-order valence-corrected chi connectivity index (χ3v) is 10.2. The second-order valence-corrected chi connectivity index (χ2v) is 14.8. The fraction of sp³-hybridized carbons (Fsp3) is 0.846. The van der Waals surface area contributed by atoms with E-state index in [0.29, 0.717) is 12.0 Å². The van der Waals surface area contributed by atoms with E-state index in [2.05, 4.69) is 6.92 Å². The first-order valence-electron chi connectivity index (χ1n) is 19.1. The van der Waals surface area contributed by atoms with Crippen LogP contribution < -0.4 is 29.6 Å². The summed E-state index contributed by atoms with van der Waals surface area (Å²) in [6.45, 7) is 2.30. The molecule has 0 heterocycles. The van der Waals surface area contributed by atoms with Crippen molar-refractivity contribution in [2.24, 2.45) is 0 Å². The topological polar surface area (TPSA) is 57.2 Å². The van der Waals surface area contributed by atoms with Crippen LogP contribution in [0.25, 0.3) is 0 Å². The Hall–Kier alpha value is 0.130. The van der Waals surface area contributed by atoms with Crippen LogP contribution >= 0.6 is 0 Å². The number of hydrogen-bond acceptors (Lipinski definition) is 3. The minimum atomic E-state index is -4.37. The van der Waals surface area contributed by atoms with E-state index in [-0.39, 0.29) is 34.5 Å². The van der Waals surface area contributed by atoms with Gasteiger partial charge in [-0.15, -0.1) is 0 Å². The number of hydrogen-bond donors (Lipinski definition) is 0. The van der Waals surface area contributed by atoms with E-state index in [1.807, 2.05) is 6.07 Å². The number of rotatable bonds is 33. The van der Waals surface area contributed by atoms with Crippen LogP contribution in [0.4, 0.5) is 0 Å². The maximum absolute atomic E-state index is 11.4. The molecule has 0 amide bonds. The van der Waals surface area contributed by atoms with Crippen molar-refractivity contribution >= 4 is 10.1 Å². The Labute approximate surface area is 298 Å². The van der Waals surface area contributed by atoms with Gasteiger partial charge < -0.3 is 4.55 Å². The van der Waals surface area contributed by atoms with Crippen molar-refractivity contribution < 1.29 is 42.5 Å². The van der Waals surface area contributed by atoms with Crippen LogP contribution in [-0.4, -0.2) is 13.0 Å². The quantitative estimate of drug-likeness (QED) is 0.0435. The van der Waals surface area contributed by atoms with Gasteiger partial charge >= 0.3 is 29.6 Å². The molecule has 5 heteroatoms. The van der Waals surface area contributed by atoms with Gasteiger partial charge in [0.05, 0.1) is 4.90 Å². The maximum Gasteiger partial charge on any atom is 1.00 e. The van der Waals surface area contributed by atoms with Gasteiger partial charge in [0, 0.05) is 0 Å². The largest absolute Gasteiger partial charge is 1.00 e. The van der Waals surface area contributed by atoms with E-state index >= 15 is 0 Å². The zero-order valence-corrected chi connectivity index (χ0v) is 32.4. The molecule has 0 bridgehead atoms. The van der Waals surface area contributed by atoms with Crippen LogP contribution in [0.1, 0.15) is 212 Å². The van der Waals surface area contributed by atoms with Crippen molar-refractivity contribution in [2.45, 2.75) is 217 Å². The predicted molar refractivity (Wildman–Crippen MR) is 187 cm³/mol. The summed E-state index contributed by atoms with van der Waals surface area (Å²) in [7, 11) is -4.37. The van der Waals surface area contributed by atoms with Crippen LogP contribution in [-0.2, 0) is 16.5 Å². The van der Waals surface area contributed by atoms with Crippen LogP contribution in [0.5, 0.6) is 0 Å². The van der Waals surface area contributed by atoms with E-state index in [4.69, 9.17) is 0 Å². The van der Waals surface area contributed by atoms with E-state index in [0.717, 1.165) is 12.8 Å². The number of benzene rings is 1. The first-order chi connectivity index (χ1) is 21.1. The van der Waals surface area contributed by atoms with Gasteiger partial charge in [-0.3, -0.25) is 0 Å². The minimum Gasteiger partial charge on any atom is -0.744 e. The molecule has 0 atom stereocenters. The molecule has 0 saturated heterocycles. The first kappa shape index (κ1) is 44.1. The van der Waals surface area contributed by atoms with Crippen molar-refractivity contribution in [1.82, 2.24) is 0 Å². The summed E-state index contributed by atoms with van der Waals surface area (Å²) < 4.78 is 34.1. The zero-order valence-electron chi connectivity index (χ0n) is 29.6. The van der Waals surface area contributed by atoms with Crippen LogP contribution in [0, 0.1) is 0 Å². The van der Waals surface area contributed by atoms with Crippen molar-refractivity contribution in [3.05, 3.63) is 29.8 Å². The van der Waals surface area contributed by atoms with Gasteiger partial charge in [-0.2, -0.15) is 0 Å². The molecule has 0 radical (unpaired) electrons. The Kier molecular flexibility index (Phi) is 33.1. The van der Waals surface area contributed by atoms with Crippen molar-refractivity contribution in [3.8, 4) is 0 Å². The molecule has 44 heavy (non-hydrogen) atoms. The summed E-state index contributed by atoms with van der Waals surface area (Å²) in [5.74, 6) is 0. The molecule has 1 aromatic rings. The first-order valence-corrected chi connectivity index (χ1v) is 20.5. The SMILES string of the molecule is CCCCCCCCCCCCCCCCCCCCCCCCCCCCCCCCCc1ccccc1S(=O)(=O)[O-].[Na+]. The standard InChI is InChI=1S/C39H72O3S.Na/c1-2-3-4-5-6-7-8-9-10-11-12-13-14-15-16-17-18-19-20-21-22-23-24-25-26-27-28-29-30-31-32-35-38-36-33-34-37-39(38)43(40,41)42;/h33-34,36-37H,2-32,35H2,1H3,(H,40,41,42);/q;+1/p-1. The van der Waals surface area contributed by atoms with Gasteiger partial charge in [0.1, 0.15) is 10.1 Å². The second kappa shape index (κ2) is 33.0. The zero-order chi connectivity index (χ0) is 31.1. The van der Waals surface area contributed by atoms with Gasteiger partial charge in [-0.05, 0) is 24.5 Å². The number of aryl methyl sites for hydroxylation is 1. The van der Waals surface area contributed by atoms with Gasteiger partial charge in [-0.1, -0.05) is 218 Å². The molecule has 0 fully saturated rings. The monoisotopic (exact) mass is 643 g/mol. The van der Waals surface area contributed by atoms with Gasteiger partial charge in [0.15, 0.2) is 0 Å². The molecule has 252 valence electrons. The Morgan fingerprint density at radius 1 is 0.432 bits per heavy atom. The Bertz CT molecular complexity index is 826. The van der Waals surface area contributed by atoms with Crippen molar-refractivity contribution in [3.63, 3.8) is 0 Å². The molecule has 1 rings (SSSR count). The fourth-order valence-corrected chi connectivity index (χ4v) is 7.21. The van der Waals surface area contributed by atoms with Crippen LogP contribution in [0.3, 0.4) is 0 Å². The molecule has 0 aliphatic rings. The average molecular weight is 643 g/mol. The minimum absolute atomic E-state index is 0. The smallest absolute Gasteiger partial charge is 0.744 e. The fourth-order valence-electron chi connectivity index (χ4n) is 6.47. The number of unbranched alkanes of at least 4 members (excludes halogenated alkanes) is 30. The Morgan fingerprint density at radius 3 is 0.955 bits per heavy atom. The summed E-state index contributed by atoms with van der Waals surface area (Å²) in [5, 5.41) is 0. The molecule has 0 aromatic heterocycles. The summed E-state index contributed by atoms with van der Waals surface area (Å²) >= 11 is 0. The van der Waals surface area contributed by atoms with Crippen LogP contribution in [0.15, 0.2) is 29.2 Å². The average Bonchev–Trinajstić information content (AvgIpc) is 2.99. The summed E-state index contributed by atoms with van der Waals surface area (Å²) in [6, 6.07) is 6.64. The van der Waals surface area contributed by atoms with E-state index in [1.165, 1.54) is 192 Å². The van der Waals surface area contributed by atoms with Crippen LogP contribution in [0.2, 0.25) is 0 Å². The predicted octanol–water partition coefficient (Wildman–Crippen LogP) is 10.3. The molecular formula is C39H71NaO3S. The summed E-state index contributed by atoms with van der Waals surface area (Å²) in [6.07, 6.45) is 43.9. The maximum atomic E-state index is 11.4.